The lowest BCUT2D eigenvalue weighted by Crippen LogP contribution is -2.30. The van der Waals surface area contributed by atoms with E-state index < -0.39 is 5.97 Å². The number of ether oxygens (including phenoxy) is 1. The first-order chi connectivity index (χ1) is 13.4. The maximum Gasteiger partial charge on any atom is 0.349 e. The van der Waals surface area contributed by atoms with Crippen molar-refractivity contribution in [2.45, 2.75) is 32.7 Å². The Labute approximate surface area is 171 Å². The first-order valence-electron chi connectivity index (χ1n) is 8.92. The van der Waals surface area contributed by atoms with Crippen molar-refractivity contribution in [2.24, 2.45) is 0 Å². The van der Waals surface area contributed by atoms with Crippen LogP contribution in [-0.4, -0.2) is 29.1 Å². The van der Waals surface area contributed by atoms with Gasteiger partial charge < -0.3 is 14.6 Å². The van der Waals surface area contributed by atoms with Gasteiger partial charge in [0.05, 0.1) is 0 Å². The average molecular weight is 442 g/mol. The maximum absolute atomic E-state index is 12.2. The summed E-state index contributed by atoms with van der Waals surface area (Å²) in [5.41, 5.74) is 3.45. The van der Waals surface area contributed by atoms with Crippen molar-refractivity contribution in [1.82, 2.24) is 9.88 Å². The molecule has 1 saturated carbocycles. The number of nitrogens with zero attached hydrogens (tertiary/aromatic N) is 2. The normalized spacial score (nSPS) is 13.7. The Morgan fingerprint density at radius 2 is 2.00 bits per heavy atom. The molecule has 0 radical (unpaired) electrons. The van der Waals surface area contributed by atoms with E-state index in [0.717, 1.165) is 40.0 Å². The van der Waals surface area contributed by atoms with Crippen LogP contribution in [0.25, 0.3) is 11.8 Å². The standard InChI is InChI=1S/C21H20BrN3O3/c1-13-9-15(14(2)25(13)19-7-3-17(22)4-8-19)10-16(11-23)21(27)28-12-20(26)24-18-5-6-18/h3-4,7-10,18H,5-6,12H2,1-2H3,(H,24,26)/b16-10+. The number of hydrogen-bond acceptors (Lipinski definition) is 4. The number of aromatic nitrogens is 1. The zero-order valence-electron chi connectivity index (χ0n) is 15.7. The molecule has 1 aliphatic carbocycles. The summed E-state index contributed by atoms with van der Waals surface area (Å²) in [7, 11) is 0. The van der Waals surface area contributed by atoms with E-state index >= 15 is 0 Å². The van der Waals surface area contributed by atoms with Crippen molar-refractivity contribution in [2.75, 3.05) is 6.61 Å². The van der Waals surface area contributed by atoms with Gasteiger partial charge in [-0.25, -0.2) is 4.79 Å². The fourth-order valence-corrected chi connectivity index (χ4v) is 3.18. The predicted molar refractivity (Wildman–Crippen MR) is 109 cm³/mol. The molecule has 144 valence electrons. The number of amides is 1. The molecule has 1 aromatic heterocycles. The van der Waals surface area contributed by atoms with Gasteiger partial charge in [0.25, 0.3) is 5.91 Å². The Bertz CT molecular complexity index is 980. The number of benzene rings is 1. The smallest absolute Gasteiger partial charge is 0.349 e. The van der Waals surface area contributed by atoms with Crippen LogP contribution in [0.2, 0.25) is 0 Å². The molecule has 0 atom stereocenters. The Morgan fingerprint density at radius 1 is 1.32 bits per heavy atom. The first kappa shape index (κ1) is 19.9. The molecule has 0 aliphatic heterocycles. The van der Waals surface area contributed by atoms with Gasteiger partial charge in [0.15, 0.2) is 6.61 Å². The number of aryl methyl sites for hydroxylation is 1. The summed E-state index contributed by atoms with van der Waals surface area (Å²) in [6.45, 7) is 3.50. The molecule has 0 saturated heterocycles. The van der Waals surface area contributed by atoms with Crippen molar-refractivity contribution in [3.63, 3.8) is 0 Å². The highest BCUT2D eigenvalue weighted by Gasteiger charge is 2.24. The molecule has 6 nitrogen and oxygen atoms in total. The third-order valence-corrected chi connectivity index (χ3v) is 5.00. The van der Waals surface area contributed by atoms with E-state index in [0.29, 0.717) is 0 Å². The number of hydrogen-bond donors (Lipinski definition) is 1. The van der Waals surface area contributed by atoms with Crippen LogP contribution in [0.3, 0.4) is 0 Å². The van der Waals surface area contributed by atoms with Crippen LogP contribution in [0.15, 0.2) is 40.4 Å². The van der Waals surface area contributed by atoms with E-state index in [1.807, 2.05) is 54.8 Å². The molecule has 1 N–H and O–H groups in total. The SMILES string of the molecule is Cc1cc(/C=C(\C#N)C(=O)OCC(=O)NC2CC2)c(C)n1-c1ccc(Br)cc1. The molecule has 7 heteroatoms. The van der Waals surface area contributed by atoms with Crippen molar-refractivity contribution in [3.8, 4) is 11.8 Å². The molecule has 3 rings (SSSR count). The lowest BCUT2D eigenvalue weighted by molar-refractivity contribution is -0.144. The van der Waals surface area contributed by atoms with E-state index in [4.69, 9.17) is 4.74 Å². The molecular weight excluding hydrogens is 422 g/mol. The monoisotopic (exact) mass is 441 g/mol. The third-order valence-electron chi connectivity index (χ3n) is 4.47. The van der Waals surface area contributed by atoms with Gasteiger partial charge in [-0.3, -0.25) is 4.79 Å². The summed E-state index contributed by atoms with van der Waals surface area (Å²) in [4.78, 5) is 23.8. The molecule has 28 heavy (non-hydrogen) atoms. The van der Waals surface area contributed by atoms with Gasteiger partial charge in [-0.05, 0) is 68.7 Å². The summed E-state index contributed by atoms with van der Waals surface area (Å²) in [6.07, 6.45) is 3.41. The summed E-state index contributed by atoms with van der Waals surface area (Å²) >= 11 is 3.42. The maximum atomic E-state index is 12.2. The Morgan fingerprint density at radius 3 is 2.61 bits per heavy atom. The van der Waals surface area contributed by atoms with Crippen LogP contribution in [-0.2, 0) is 14.3 Å². The predicted octanol–water partition coefficient (Wildman–Crippen LogP) is 3.59. The molecule has 2 aromatic rings. The Kier molecular flexibility index (Phi) is 6.00. The van der Waals surface area contributed by atoms with E-state index in [2.05, 4.69) is 21.2 Å². The van der Waals surface area contributed by atoms with Gasteiger partial charge in [0, 0.05) is 27.6 Å². The van der Waals surface area contributed by atoms with Crippen molar-refractivity contribution in [1.29, 1.82) is 5.26 Å². The van der Waals surface area contributed by atoms with Crippen molar-refractivity contribution >= 4 is 33.9 Å². The summed E-state index contributed by atoms with van der Waals surface area (Å²) in [6, 6.07) is 11.8. The van der Waals surface area contributed by atoms with Crippen LogP contribution in [0, 0.1) is 25.2 Å². The molecule has 0 bridgehead atoms. The van der Waals surface area contributed by atoms with Gasteiger partial charge in [-0.15, -0.1) is 0 Å². The topological polar surface area (TPSA) is 84.1 Å². The fraction of sp³-hybridized carbons (Fsp3) is 0.286. The molecule has 1 fully saturated rings. The largest absolute Gasteiger partial charge is 0.451 e. The molecule has 1 aliphatic rings. The molecule has 1 heterocycles. The Hall–Kier alpha value is -2.85. The van der Waals surface area contributed by atoms with E-state index in [1.54, 1.807) is 0 Å². The highest BCUT2D eigenvalue weighted by Crippen LogP contribution is 2.24. The quantitative estimate of drug-likeness (QED) is 0.421. The van der Waals surface area contributed by atoms with Crippen LogP contribution in [0.1, 0.15) is 29.8 Å². The summed E-state index contributed by atoms with van der Waals surface area (Å²) in [5, 5.41) is 12.1. The van der Waals surface area contributed by atoms with Crippen LogP contribution < -0.4 is 5.32 Å². The highest BCUT2D eigenvalue weighted by atomic mass is 79.9. The van der Waals surface area contributed by atoms with Gasteiger partial charge in [0.2, 0.25) is 0 Å². The van der Waals surface area contributed by atoms with Gasteiger partial charge >= 0.3 is 5.97 Å². The molecular formula is C21H20BrN3O3. The van der Waals surface area contributed by atoms with E-state index in [1.165, 1.54) is 6.08 Å². The van der Waals surface area contributed by atoms with Gasteiger partial charge in [-0.1, -0.05) is 15.9 Å². The van der Waals surface area contributed by atoms with Crippen LogP contribution in [0.5, 0.6) is 0 Å². The summed E-state index contributed by atoms with van der Waals surface area (Å²) in [5.74, 6) is -1.15. The molecule has 1 aromatic carbocycles. The van der Waals surface area contributed by atoms with Crippen molar-refractivity contribution < 1.29 is 14.3 Å². The number of esters is 1. The second kappa shape index (κ2) is 8.44. The number of nitriles is 1. The highest BCUT2D eigenvalue weighted by molar-refractivity contribution is 9.10. The van der Waals surface area contributed by atoms with Crippen molar-refractivity contribution in [3.05, 3.63) is 57.3 Å². The lowest BCUT2D eigenvalue weighted by Gasteiger charge is -2.09. The minimum absolute atomic E-state index is 0.143. The lowest BCUT2D eigenvalue weighted by atomic mass is 10.1. The first-order valence-corrected chi connectivity index (χ1v) is 9.71. The van der Waals surface area contributed by atoms with E-state index in [-0.39, 0.29) is 24.1 Å². The van der Waals surface area contributed by atoms with Crippen LogP contribution in [0.4, 0.5) is 0 Å². The number of nitrogens with one attached hydrogen (secondary N) is 1. The number of halogens is 1. The fourth-order valence-electron chi connectivity index (χ4n) is 2.92. The molecule has 0 spiro atoms. The molecule has 1 amide bonds. The van der Waals surface area contributed by atoms with E-state index in [9.17, 15) is 14.9 Å². The minimum atomic E-state index is -0.804. The van der Waals surface area contributed by atoms with Gasteiger partial charge in [-0.2, -0.15) is 5.26 Å². The zero-order valence-corrected chi connectivity index (χ0v) is 17.2. The number of carbonyl (C=O) groups excluding carboxylic acids is 2. The number of carbonyl (C=O) groups is 2. The third kappa shape index (κ3) is 4.70. The second-order valence-corrected chi connectivity index (χ2v) is 7.64. The minimum Gasteiger partial charge on any atom is -0.451 e. The number of rotatable bonds is 6. The van der Waals surface area contributed by atoms with Crippen LogP contribution >= 0.6 is 15.9 Å². The Balaban J connectivity index is 1.77. The second-order valence-electron chi connectivity index (χ2n) is 6.73. The average Bonchev–Trinajstić information content (AvgIpc) is 3.43. The zero-order chi connectivity index (χ0) is 20.3. The van der Waals surface area contributed by atoms with Gasteiger partial charge in [0.1, 0.15) is 11.6 Å². The summed E-state index contributed by atoms with van der Waals surface area (Å²) < 4.78 is 8.01. The molecule has 0 unspecified atom stereocenters.